The van der Waals surface area contributed by atoms with E-state index in [1.807, 2.05) is 41.6 Å². The van der Waals surface area contributed by atoms with Crippen molar-refractivity contribution in [3.63, 3.8) is 0 Å². The standard InChI is InChI=1S/C15H13N5/c1-19-9-10-20(18-19)13-7-6-12-5-4-11-3-2-8-16-14(11)15(12)17-13/h2-10,18H,1H3. The van der Waals surface area contributed by atoms with Crippen molar-refractivity contribution in [2.24, 2.45) is 0 Å². The zero-order chi connectivity index (χ0) is 13.5. The van der Waals surface area contributed by atoms with E-state index in [-0.39, 0.29) is 0 Å². The van der Waals surface area contributed by atoms with Crippen molar-refractivity contribution >= 4 is 27.6 Å². The van der Waals surface area contributed by atoms with Crippen molar-refractivity contribution < 1.29 is 0 Å². The van der Waals surface area contributed by atoms with Crippen LogP contribution in [0.4, 0.5) is 5.82 Å². The second-order valence-corrected chi connectivity index (χ2v) is 4.76. The molecule has 1 aromatic carbocycles. The third kappa shape index (κ3) is 1.68. The average Bonchev–Trinajstić information content (AvgIpc) is 2.93. The Hall–Kier alpha value is -2.66. The maximum atomic E-state index is 4.74. The summed E-state index contributed by atoms with van der Waals surface area (Å²) in [6.45, 7) is 0. The number of hydrogen-bond donors (Lipinski definition) is 1. The fraction of sp³-hybridized carbons (Fsp3) is 0.0667. The number of nitrogens with zero attached hydrogens (tertiary/aromatic N) is 4. The quantitative estimate of drug-likeness (QED) is 0.683. The minimum Gasteiger partial charge on any atom is -0.299 e. The number of rotatable bonds is 1. The molecule has 0 saturated heterocycles. The summed E-state index contributed by atoms with van der Waals surface area (Å²) in [5.41, 5.74) is 5.01. The highest BCUT2D eigenvalue weighted by molar-refractivity contribution is 6.03. The van der Waals surface area contributed by atoms with E-state index >= 15 is 0 Å². The molecule has 4 rings (SSSR count). The van der Waals surface area contributed by atoms with Gasteiger partial charge in [-0.1, -0.05) is 18.2 Å². The van der Waals surface area contributed by atoms with Crippen LogP contribution in [0.3, 0.4) is 0 Å². The second kappa shape index (κ2) is 4.18. The monoisotopic (exact) mass is 263 g/mol. The molecule has 0 unspecified atom stereocenters. The van der Waals surface area contributed by atoms with Crippen LogP contribution in [0.5, 0.6) is 0 Å². The van der Waals surface area contributed by atoms with Crippen LogP contribution in [0.2, 0.25) is 0 Å². The molecule has 1 aliphatic rings. The van der Waals surface area contributed by atoms with Gasteiger partial charge < -0.3 is 0 Å². The zero-order valence-corrected chi connectivity index (χ0v) is 11.0. The Morgan fingerprint density at radius 2 is 1.75 bits per heavy atom. The van der Waals surface area contributed by atoms with Crippen molar-refractivity contribution in [3.8, 4) is 0 Å². The van der Waals surface area contributed by atoms with E-state index in [0.29, 0.717) is 0 Å². The van der Waals surface area contributed by atoms with Crippen LogP contribution < -0.4 is 10.5 Å². The Bertz CT molecular complexity index is 827. The van der Waals surface area contributed by atoms with Gasteiger partial charge >= 0.3 is 0 Å². The maximum Gasteiger partial charge on any atom is 0.149 e. The van der Waals surface area contributed by atoms with Crippen LogP contribution >= 0.6 is 0 Å². The number of nitrogens with one attached hydrogen (secondary N) is 1. The van der Waals surface area contributed by atoms with Gasteiger partial charge in [-0.2, -0.15) is 0 Å². The van der Waals surface area contributed by atoms with E-state index in [2.05, 4.69) is 34.8 Å². The first-order chi connectivity index (χ1) is 9.81. The zero-order valence-electron chi connectivity index (χ0n) is 11.0. The molecule has 0 fully saturated rings. The van der Waals surface area contributed by atoms with Crippen molar-refractivity contribution in [2.75, 3.05) is 12.1 Å². The lowest BCUT2D eigenvalue weighted by atomic mass is 10.1. The Kier molecular flexibility index (Phi) is 2.34. The van der Waals surface area contributed by atoms with Crippen molar-refractivity contribution in [2.45, 2.75) is 0 Å². The Morgan fingerprint density at radius 3 is 2.55 bits per heavy atom. The lowest BCUT2D eigenvalue weighted by Crippen LogP contribution is -2.37. The van der Waals surface area contributed by atoms with Crippen molar-refractivity contribution in [1.82, 2.24) is 20.5 Å². The van der Waals surface area contributed by atoms with Gasteiger partial charge in [-0.25, -0.2) is 9.99 Å². The van der Waals surface area contributed by atoms with Crippen LogP contribution in [-0.4, -0.2) is 22.0 Å². The molecule has 20 heavy (non-hydrogen) atoms. The number of fused-ring (bicyclic) bond motifs is 3. The summed E-state index contributed by atoms with van der Waals surface area (Å²) in [4.78, 5) is 9.20. The van der Waals surface area contributed by atoms with Gasteiger partial charge in [0.25, 0.3) is 0 Å². The lowest BCUT2D eigenvalue weighted by molar-refractivity contribution is 0.358. The molecular formula is C15H13N5. The van der Waals surface area contributed by atoms with Crippen molar-refractivity contribution in [3.05, 3.63) is 55.0 Å². The molecule has 0 bridgehead atoms. The van der Waals surface area contributed by atoms with Gasteiger partial charge in [0.2, 0.25) is 0 Å². The number of pyridine rings is 2. The smallest absolute Gasteiger partial charge is 0.149 e. The van der Waals surface area contributed by atoms with Gasteiger partial charge in [-0.15, -0.1) is 5.53 Å². The first-order valence-electron chi connectivity index (χ1n) is 6.42. The van der Waals surface area contributed by atoms with Gasteiger partial charge in [0.05, 0.1) is 11.0 Å². The molecule has 5 nitrogen and oxygen atoms in total. The molecule has 0 saturated carbocycles. The van der Waals surface area contributed by atoms with E-state index in [1.54, 1.807) is 6.20 Å². The summed E-state index contributed by atoms with van der Waals surface area (Å²) in [6, 6.07) is 12.2. The highest BCUT2D eigenvalue weighted by Gasteiger charge is 2.12. The molecule has 0 aliphatic carbocycles. The number of aromatic nitrogens is 2. The summed E-state index contributed by atoms with van der Waals surface area (Å²) in [7, 11) is 1.94. The van der Waals surface area contributed by atoms with Crippen LogP contribution in [0.1, 0.15) is 0 Å². The third-order valence-electron chi connectivity index (χ3n) is 3.37. The van der Waals surface area contributed by atoms with Gasteiger partial charge in [0.15, 0.2) is 0 Å². The number of hydrazine groups is 2. The molecule has 0 spiro atoms. The summed E-state index contributed by atoms with van der Waals surface area (Å²) in [6.07, 6.45) is 5.68. The molecule has 0 amide bonds. The molecular weight excluding hydrogens is 250 g/mol. The largest absolute Gasteiger partial charge is 0.299 e. The van der Waals surface area contributed by atoms with E-state index in [1.165, 1.54) is 0 Å². The molecule has 1 aliphatic heterocycles. The van der Waals surface area contributed by atoms with Gasteiger partial charge in [0, 0.05) is 36.4 Å². The maximum absolute atomic E-state index is 4.74. The van der Waals surface area contributed by atoms with Crippen LogP contribution in [0.25, 0.3) is 21.8 Å². The molecule has 2 aromatic heterocycles. The highest BCUT2D eigenvalue weighted by Crippen LogP contribution is 2.24. The first kappa shape index (κ1) is 11.2. The van der Waals surface area contributed by atoms with Crippen LogP contribution in [-0.2, 0) is 0 Å². The predicted molar refractivity (Wildman–Crippen MR) is 79.6 cm³/mol. The van der Waals surface area contributed by atoms with E-state index in [4.69, 9.17) is 4.98 Å². The first-order valence-corrected chi connectivity index (χ1v) is 6.42. The SMILES string of the molecule is CN1C=CN(c2ccc3ccc4cccnc4c3n2)N1. The third-order valence-corrected chi connectivity index (χ3v) is 3.37. The summed E-state index contributed by atoms with van der Waals surface area (Å²) >= 11 is 0. The topological polar surface area (TPSA) is 44.3 Å². The van der Waals surface area contributed by atoms with Gasteiger partial charge in [-0.3, -0.25) is 9.99 Å². The summed E-state index contributed by atoms with van der Waals surface area (Å²) < 4.78 is 0. The van der Waals surface area contributed by atoms with Gasteiger partial charge in [0.1, 0.15) is 5.82 Å². The van der Waals surface area contributed by atoms with Crippen LogP contribution in [0.15, 0.2) is 55.0 Å². The van der Waals surface area contributed by atoms with Crippen LogP contribution in [0, 0.1) is 0 Å². The Balaban J connectivity index is 1.93. The van der Waals surface area contributed by atoms with Crippen molar-refractivity contribution in [1.29, 1.82) is 0 Å². The lowest BCUT2D eigenvalue weighted by Gasteiger charge is -2.18. The normalized spacial score (nSPS) is 14.7. The molecule has 3 aromatic rings. The number of benzene rings is 1. The molecule has 98 valence electrons. The predicted octanol–water partition coefficient (Wildman–Crippen LogP) is 2.43. The Labute approximate surface area is 116 Å². The summed E-state index contributed by atoms with van der Waals surface area (Å²) in [5, 5.41) is 5.94. The van der Waals surface area contributed by atoms with E-state index < -0.39 is 0 Å². The molecule has 5 heteroatoms. The molecule has 0 atom stereocenters. The molecule has 0 radical (unpaired) electrons. The highest BCUT2D eigenvalue weighted by atomic mass is 15.8. The van der Waals surface area contributed by atoms with E-state index in [9.17, 15) is 0 Å². The molecule has 1 N–H and O–H groups in total. The average molecular weight is 263 g/mol. The van der Waals surface area contributed by atoms with Gasteiger partial charge in [-0.05, 0) is 18.2 Å². The Morgan fingerprint density at radius 1 is 0.950 bits per heavy atom. The molecule has 3 heterocycles. The minimum atomic E-state index is 0.844. The number of anilines is 1. The van der Waals surface area contributed by atoms with E-state index in [0.717, 1.165) is 27.6 Å². The fourth-order valence-electron chi connectivity index (χ4n) is 2.38. The second-order valence-electron chi connectivity index (χ2n) is 4.76. The number of hydrogen-bond acceptors (Lipinski definition) is 5. The minimum absolute atomic E-state index is 0.844. The fourth-order valence-corrected chi connectivity index (χ4v) is 2.38. The summed E-state index contributed by atoms with van der Waals surface area (Å²) in [5.74, 6) is 0.844.